The van der Waals surface area contributed by atoms with Crippen molar-refractivity contribution in [2.75, 3.05) is 37.6 Å². The highest BCUT2D eigenvalue weighted by Gasteiger charge is 2.29. The van der Waals surface area contributed by atoms with Gasteiger partial charge in [0.25, 0.3) is 5.91 Å². The second-order valence-electron chi connectivity index (χ2n) is 11.6. The van der Waals surface area contributed by atoms with E-state index in [1.807, 2.05) is 45.2 Å². The van der Waals surface area contributed by atoms with Gasteiger partial charge in [0.2, 0.25) is 0 Å². The molecule has 1 aromatic rings. The van der Waals surface area contributed by atoms with Crippen LogP contribution in [0, 0.1) is 6.92 Å². The van der Waals surface area contributed by atoms with Crippen LogP contribution in [0.15, 0.2) is 82.8 Å². The van der Waals surface area contributed by atoms with Crippen LogP contribution in [0.3, 0.4) is 0 Å². The maximum absolute atomic E-state index is 13.1. The van der Waals surface area contributed by atoms with Gasteiger partial charge in [-0.15, -0.1) is 0 Å². The zero-order chi connectivity index (χ0) is 30.5. The third-order valence-corrected chi connectivity index (χ3v) is 8.23. The smallest absolute Gasteiger partial charge is 0.251 e. The first kappa shape index (κ1) is 30.8. The molecule has 4 N–H and O–H groups in total. The highest BCUT2D eigenvalue weighted by molar-refractivity contribution is 6.09. The van der Waals surface area contributed by atoms with E-state index in [2.05, 4.69) is 76.1 Å². The molecule has 43 heavy (non-hydrogen) atoms. The zero-order valence-corrected chi connectivity index (χ0v) is 26.0. The number of aliphatic hydroxyl groups is 1. The number of aryl methyl sites for hydroxylation is 1. The molecule has 0 bridgehead atoms. The monoisotopic (exact) mass is 586 g/mol. The Morgan fingerprint density at radius 3 is 2.70 bits per heavy atom. The molecule has 9 nitrogen and oxygen atoms in total. The Morgan fingerprint density at radius 1 is 1.16 bits per heavy atom. The van der Waals surface area contributed by atoms with Gasteiger partial charge >= 0.3 is 0 Å². The van der Waals surface area contributed by atoms with Crippen LogP contribution in [0.4, 0.5) is 5.69 Å². The second-order valence-corrected chi connectivity index (χ2v) is 11.6. The van der Waals surface area contributed by atoms with E-state index in [0.29, 0.717) is 18.7 Å². The van der Waals surface area contributed by atoms with E-state index in [1.54, 1.807) is 0 Å². The molecule has 0 radical (unpaired) electrons. The van der Waals surface area contributed by atoms with Gasteiger partial charge in [0.05, 0.1) is 48.5 Å². The van der Waals surface area contributed by atoms with Crippen molar-refractivity contribution in [3.05, 3.63) is 88.9 Å². The van der Waals surface area contributed by atoms with Crippen LogP contribution >= 0.6 is 0 Å². The van der Waals surface area contributed by atoms with E-state index in [9.17, 15) is 9.90 Å². The highest BCUT2D eigenvalue weighted by Crippen LogP contribution is 2.26. The van der Waals surface area contributed by atoms with Crippen LogP contribution < -0.4 is 20.9 Å². The maximum atomic E-state index is 13.1. The summed E-state index contributed by atoms with van der Waals surface area (Å²) >= 11 is 0. The molecule has 6 rings (SSSR count). The predicted octanol–water partition coefficient (Wildman–Crippen LogP) is 3.55. The van der Waals surface area contributed by atoms with Crippen LogP contribution in [-0.2, 0) is 4.74 Å². The number of fused-ring (bicyclic) bond motifs is 1. The molecular weight excluding hydrogens is 540 g/mol. The number of ether oxygens (including phenoxy) is 1. The average Bonchev–Trinajstić information content (AvgIpc) is 3.46. The van der Waals surface area contributed by atoms with Crippen molar-refractivity contribution in [2.45, 2.75) is 71.6 Å². The first-order chi connectivity index (χ1) is 20.8. The van der Waals surface area contributed by atoms with E-state index in [0.717, 1.165) is 60.0 Å². The lowest BCUT2D eigenvalue weighted by atomic mass is 9.99. The number of amides is 1. The molecule has 1 aromatic carbocycles. The number of rotatable bonds is 6. The SMILES string of the molecule is CC.Cc1ccc(C(=O)NCC2=CC3N=C(C4=CC=CC(N5CC(C)OC(C)C5)N4)C=CC3=CN2)cc1N1CCC(O)C1. The first-order valence-corrected chi connectivity index (χ1v) is 15.6. The van der Waals surface area contributed by atoms with Crippen LogP contribution in [0.2, 0.25) is 0 Å². The number of morpholine rings is 1. The van der Waals surface area contributed by atoms with Gasteiger partial charge in [0.1, 0.15) is 0 Å². The summed E-state index contributed by atoms with van der Waals surface area (Å²) in [5, 5.41) is 20.0. The van der Waals surface area contributed by atoms with Gasteiger partial charge in [-0.3, -0.25) is 14.7 Å². The molecular formula is C34H46N6O3. The molecule has 2 fully saturated rings. The second kappa shape index (κ2) is 13.8. The number of dihydropyridines is 3. The normalized spacial score (nSPS) is 28.2. The minimum absolute atomic E-state index is 0.101. The summed E-state index contributed by atoms with van der Waals surface area (Å²) in [6.45, 7) is 13.8. The van der Waals surface area contributed by atoms with E-state index in [-0.39, 0.29) is 36.4 Å². The van der Waals surface area contributed by atoms with E-state index >= 15 is 0 Å². The van der Waals surface area contributed by atoms with Crippen LogP contribution in [-0.4, -0.2) is 84.9 Å². The van der Waals surface area contributed by atoms with Crippen molar-refractivity contribution >= 4 is 17.3 Å². The average molecular weight is 587 g/mol. The number of anilines is 1. The lowest BCUT2D eigenvalue weighted by molar-refractivity contribution is -0.0775. The van der Waals surface area contributed by atoms with Crippen molar-refractivity contribution in [1.29, 1.82) is 0 Å². The fourth-order valence-corrected chi connectivity index (χ4v) is 6.15. The molecule has 5 unspecified atom stereocenters. The molecule has 5 heterocycles. The molecule has 230 valence electrons. The number of aliphatic hydroxyl groups excluding tert-OH is 1. The lowest BCUT2D eigenvalue weighted by Gasteiger charge is -2.40. The number of carbonyl (C=O) groups excluding carboxylic acids is 1. The molecule has 9 heteroatoms. The molecule has 5 atom stereocenters. The van der Waals surface area contributed by atoms with E-state index in [4.69, 9.17) is 9.73 Å². The predicted molar refractivity (Wildman–Crippen MR) is 173 cm³/mol. The molecule has 0 spiro atoms. The standard InChI is InChI=1S/C32H40N6O3.C2H6/c1-20-7-8-23(13-30(20)37-12-11-26(39)19-37)32(40)34-16-25-14-29-24(15-33-25)9-10-28(35-29)27-5-4-6-31(36-27)38-17-21(2)41-22(3)18-38;1-2/h4-10,13-15,21-22,26,29,31,33,36,39H,11-12,16-19H2,1-3H3,(H,34,40);1-2H3. The van der Waals surface area contributed by atoms with Gasteiger partial charge < -0.3 is 30.7 Å². The minimum Gasteiger partial charge on any atom is -0.391 e. The number of allylic oxidation sites excluding steroid dienone is 3. The van der Waals surface area contributed by atoms with Gasteiger partial charge in [-0.1, -0.05) is 32.1 Å². The number of nitrogens with one attached hydrogen (secondary N) is 3. The summed E-state index contributed by atoms with van der Waals surface area (Å²) < 4.78 is 5.92. The third kappa shape index (κ3) is 7.29. The fourth-order valence-electron chi connectivity index (χ4n) is 6.15. The Bertz CT molecular complexity index is 1370. The summed E-state index contributed by atoms with van der Waals surface area (Å²) in [5.74, 6) is -0.127. The van der Waals surface area contributed by atoms with Gasteiger partial charge in [-0.05, 0) is 74.8 Å². The number of aliphatic imine (C=N–C) groups is 1. The van der Waals surface area contributed by atoms with Crippen molar-refractivity contribution in [1.82, 2.24) is 20.9 Å². The summed E-state index contributed by atoms with van der Waals surface area (Å²) in [6, 6.07) is 5.64. The van der Waals surface area contributed by atoms with Gasteiger partial charge in [-0.2, -0.15) is 0 Å². The number of nitrogens with zero attached hydrogens (tertiary/aromatic N) is 3. The number of benzene rings is 1. The summed E-state index contributed by atoms with van der Waals surface area (Å²) in [5.41, 5.74) is 6.62. The Kier molecular flexibility index (Phi) is 9.85. The highest BCUT2D eigenvalue weighted by atomic mass is 16.5. The Balaban J connectivity index is 0.00000180. The Labute approximate surface area is 255 Å². The van der Waals surface area contributed by atoms with E-state index < -0.39 is 0 Å². The quantitative estimate of drug-likeness (QED) is 0.405. The molecule has 0 saturated carbocycles. The summed E-state index contributed by atoms with van der Waals surface area (Å²) in [7, 11) is 0. The summed E-state index contributed by atoms with van der Waals surface area (Å²) in [6.07, 6.45) is 15.5. The van der Waals surface area contributed by atoms with Crippen molar-refractivity contribution < 1.29 is 14.6 Å². The van der Waals surface area contributed by atoms with Crippen LogP contribution in [0.1, 0.15) is 50.0 Å². The van der Waals surface area contributed by atoms with Gasteiger partial charge in [0.15, 0.2) is 0 Å². The van der Waals surface area contributed by atoms with Crippen LogP contribution in [0.5, 0.6) is 0 Å². The Hall–Kier alpha value is -3.66. The molecule has 0 aromatic heterocycles. The van der Waals surface area contributed by atoms with E-state index in [1.165, 1.54) is 0 Å². The number of β-amino-alcohol motifs (C(OH)–C–C–N with tert-alkyl or cyclic N) is 1. The third-order valence-electron chi connectivity index (χ3n) is 8.23. The molecule has 5 aliphatic rings. The lowest BCUT2D eigenvalue weighted by Crippen LogP contribution is -2.54. The number of hydrogen-bond donors (Lipinski definition) is 4. The first-order valence-electron chi connectivity index (χ1n) is 15.6. The molecule has 0 aliphatic carbocycles. The topological polar surface area (TPSA) is 101 Å². The van der Waals surface area contributed by atoms with Gasteiger partial charge in [-0.25, -0.2) is 0 Å². The number of carbonyl (C=O) groups is 1. The van der Waals surface area contributed by atoms with Crippen molar-refractivity contribution in [3.63, 3.8) is 0 Å². The Morgan fingerprint density at radius 2 is 1.95 bits per heavy atom. The zero-order valence-electron chi connectivity index (χ0n) is 26.0. The van der Waals surface area contributed by atoms with Crippen molar-refractivity contribution in [3.8, 4) is 0 Å². The molecule has 5 aliphatic heterocycles. The number of hydrogen-bond acceptors (Lipinski definition) is 8. The molecule has 2 saturated heterocycles. The fraction of sp³-hybridized carbons (Fsp3) is 0.471. The van der Waals surface area contributed by atoms with Crippen molar-refractivity contribution in [2.24, 2.45) is 4.99 Å². The summed E-state index contributed by atoms with van der Waals surface area (Å²) in [4.78, 5) is 22.7. The van der Waals surface area contributed by atoms with Crippen LogP contribution in [0.25, 0.3) is 0 Å². The maximum Gasteiger partial charge on any atom is 0.251 e. The van der Waals surface area contributed by atoms with Gasteiger partial charge in [0, 0.05) is 49.3 Å². The largest absolute Gasteiger partial charge is 0.391 e. The molecule has 1 amide bonds. The minimum atomic E-state index is -0.313.